The van der Waals surface area contributed by atoms with E-state index in [4.69, 9.17) is 4.98 Å². The van der Waals surface area contributed by atoms with Gasteiger partial charge >= 0.3 is 0 Å². The second-order valence-corrected chi connectivity index (χ2v) is 10.4. The summed E-state index contributed by atoms with van der Waals surface area (Å²) in [5.74, 6) is -0.0999. The molecular weight excluding hydrogens is 490 g/mol. The van der Waals surface area contributed by atoms with Crippen molar-refractivity contribution in [3.8, 4) is 11.1 Å². The third kappa shape index (κ3) is 5.03. The van der Waals surface area contributed by atoms with Crippen molar-refractivity contribution in [2.45, 2.75) is 32.7 Å². The molecule has 6 rings (SSSR count). The highest BCUT2D eigenvalue weighted by molar-refractivity contribution is 6.02. The fourth-order valence-electron chi connectivity index (χ4n) is 5.69. The molecule has 0 amide bonds. The van der Waals surface area contributed by atoms with Gasteiger partial charge in [0.2, 0.25) is 0 Å². The van der Waals surface area contributed by atoms with Gasteiger partial charge in [-0.2, -0.15) is 0 Å². The number of aliphatic imine (C=N–C) groups is 1. The summed E-state index contributed by atoms with van der Waals surface area (Å²) in [6.07, 6.45) is 3.25. The highest BCUT2D eigenvalue weighted by Crippen LogP contribution is 2.34. The Hall–Kier alpha value is -4.06. The molecule has 1 atom stereocenters. The third-order valence-electron chi connectivity index (χ3n) is 8.11. The summed E-state index contributed by atoms with van der Waals surface area (Å²) in [6, 6.07) is 22.9. The van der Waals surface area contributed by atoms with Crippen LogP contribution in [-0.2, 0) is 0 Å². The van der Waals surface area contributed by atoms with Gasteiger partial charge in [-0.05, 0) is 79.3 Å². The Morgan fingerprint density at radius 3 is 2.10 bits per heavy atom. The van der Waals surface area contributed by atoms with Crippen LogP contribution in [0.4, 0.5) is 20.3 Å². The van der Waals surface area contributed by atoms with Gasteiger partial charge in [-0.3, -0.25) is 4.99 Å². The maximum Gasteiger partial charge on any atom is 0.135 e. The molecule has 0 radical (unpaired) electrons. The Morgan fingerprint density at radius 1 is 0.744 bits per heavy atom. The predicted molar refractivity (Wildman–Crippen MR) is 155 cm³/mol. The number of halogens is 2. The molecule has 6 heteroatoms. The molecule has 1 unspecified atom stereocenters. The van der Waals surface area contributed by atoms with Gasteiger partial charge in [-0.25, -0.2) is 13.8 Å². The minimum atomic E-state index is -0.552. The number of aryl methyl sites for hydroxylation is 1. The Kier molecular flexibility index (Phi) is 6.86. The standard InChI is InChI=1S/C33H32F2N4/c1-22-5-3-8-31(23(22)2)38-17-19-39(20-18-38)32-16-13-26(21-36-32)24-9-11-25(12-10-24)29-14-15-30(37-29)33-27(34)6-4-7-28(33)35/h3-13,16,21,29H,14-15,17-20H2,1-2H3. The molecule has 4 aromatic rings. The summed E-state index contributed by atoms with van der Waals surface area (Å²) in [7, 11) is 0. The van der Waals surface area contributed by atoms with Crippen molar-refractivity contribution in [3.63, 3.8) is 0 Å². The summed E-state index contributed by atoms with van der Waals surface area (Å²) in [4.78, 5) is 14.3. The molecule has 0 aliphatic carbocycles. The van der Waals surface area contributed by atoms with Gasteiger partial charge in [0, 0.05) is 49.3 Å². The maximum atomic E-state index is 14.2. The number of rotatable bonds is 5. The number of nitrogens with zero attached hydrogens (tertiary/aromatic N) is 4. The summed E-state index contributed by atoms with van der Waals surface area (Å²) < 4.78 is 28.4. The van der Waals surface area contributed by atoms with E-state index in [-0.39, 0.29) is 11.6 Å². The molecule has 3 heterocycles. The fraction of sp³-hybridized carbons (Fsp3) is 0.273. The van der Waals surface area contributed by atoms with E-state index in [0.29, 0.717) is 12.1 Å². The molecule has 0 saturated carbocycles. The van der Waals surface area contributed by atoms with Crippen LogP contribution >= 0.6 is 0 Å². The molecule has 1 aromatic heterocycles. The summed E-state index contributed by atoms with van der Waals surface area (Å²) in [5.41, 5.74) is 7.74. The van der Waals surface area contributed by atoms with E-state index in [9.17, 15) is 8.78 Å². The lowest BCUT2D eigenvalue weighted by molar-refractivity contribution is 0.578. The summed E-state index contributed by atoms with van der Waals surface area (Å²) >= 11 is 0. The van der Waals surface area contributed by atoms with Crippen LogP contribution in [0, 0.1) is 25.5 Å². The second kappa shape index (κ2) is 10.6. The molecule has 198 valence electrons. The molecule has 2 aliphatic rings. The zero-order chi connectivity index (χ0) is 26.9. The number of anilines is 2. The normalized spacial score (nSPS) is 17.4. The van der Waals surface area contributed by atoms with E-state index >= 15 is 0 Å². The molecule has 0 N–H and O–H groups in total. The number of pyridine rings is 1. The van der Waals surface area contributed by atoms with Gasteiger partial charge in [0.05, 0.1) is 11.6 Å². The molecule has 39 heavy (non-hydrogen) atoms. The van der Waals surface area contributed by atoms with Crippen LogP contribution < -0.4 is 9.80 Å². The van der Waals surface area contributed by atoms with Crippen LogP contribution in [0.15, 0.2) is 84.0 Å². The molecule has 3 aromatic carbocycles. The van der Waals surface area contributed by atoms with E-state index < -0.39 is 11.6 Å². The van der Waals surface area contributed by atoms with E-state index in [2.05, 4.69) is 83.2 Å². The quantitative estimate of drug-likeness (QED) is 0.276. The summed E-state index contributed by atoms with van der Waals surface area (Å²) in [6.45, 7) is 8.20. The van der Waals surface area contributed by atoms with Crippen molar-refractivity contribution in [2.24, 2.45) is 4.99 Å². The molecule has 4 nitrogen and oxygen atoms in total. The molecule has 1 fully saturated rings. The summed E-state index contributed by atoms with van der Waals surface area (Å²) in [5, 5.41) is 0. The van der Waals surface area contributed by atoms with Gasteiger partial charge in [0.25, 0.3) is 0 Å². The van der Waals surface area contributed by atoms with Gasteiger partial charge < -0.3 is 9.80 Å². The molecule has 2 aliphatic heterocycles. The zero-order valence-corrected chi connectivity index (χ0v) is 22.4. The number of piperazine rings is 1. The van der Waals surface area contributed by atoms with Crippen LogP contribution in [0.3, 0.4) is 0 Å². The van der Waals surface area contributed by atoms with E-state index in [1.165, 1.54) is 35.0 Å². The van der Waals surface area contributed by atoms with E-state index in [1.807, 2.05) is 6.20 Å². The average Bonchev–Trinajstić information content (AvgIpc) is 3.45. The van der Waals surface area contributed by atoms with Crippen LogP contribution in [0.2, 0.25) is 0 Å². The number of benzene rings is 3. The lowest BCUT2D eigenvalue weighted by Crippen LogP contribution is -2.47. The highest BCUT2D eigenvalue weighted by Gasteiger charge is 2.24. The lowest BCUT2D eigenvalue weighted by atomic mass is 10.00. The third-order valence-corrected chi connectivity index (χ3v) is 8.11. The highest BCUT2D eigenvalue weighted by atomic mass is 19.1. The van der Waals surface area contributed by atoms with Crippen molar-refractivity contribution in [2.75, 3.05) is 36.0 Å². The van der Waals surface area contributed by atoms with E-state index in [1.54, 1.807) is 0 Å². The van der Waals surface area contributed by atoms with Crippen LogP contribution in [0.5, 0.6) is 0 Å². The Morgan fingerprint density at radius 2 is 1.41 bits per heavy atom. The SMILES string of the molecule is Cc1cccc(N2CCN(c3ccc(-c4ccc(C5CCC(c6c(F)cccc6F)=N5)cc4)cn3)CC2)c1C. The van der Waals surface area contributed by atoms with Gasteiger partial charge in [0.1, 0.15) is 17.5 Å². The first kappa shape index (κ1) is 25.2. The van der Waals surface area contributed by atoms with Crippen molar-refractivity contribution in [1.29, 1.82) is 0 Å². The smallest absolute Gasteiger partial charge is 0.135 e. The molecule has 0 spiro atoms. The number of hydrogen-bond acceptors (Lipinski definition) is 4. The lowest BCUT2D eigenvalue weighted by Gasteiger charge is -2.37. The first-order chi connectivity index (χ1) is 19.0. The number of aromatic nitrogens is 1. The van der Waals surface area contributed by atoms with Gasteiger partial charge in [-0.1, -0.05) is 42.5 Å². The van der Waals surface area contributed by atoms with Gasteiger partial charge in [0.15, 0.2) is 0 Å². The van der Waals surface area contributed by atoms with Crippen molar-refractivity contribution in [3.05, 3.63) is 113 Å². The topological polar surface area (TPSA) is 31.7 Å². The van der Waals surface area contributed by atoms with Crippen molar-refractivity contribution < 1.29 is 8.78 Å². The molecule has 1 saturated heterocycles. The first-order valence-electron chi connectivity index (χ1n) is 13.6. The average molecular weight is 523 g/mol. The second-order valence-electron chi connectivity index (χ2n) is 10.4. The molecule has 0 bridgehead atoms. The van der Waals surface area contributed by atoms with Crippen molar-refractivity contribution >= 4 is 17.2 Å². The fourth-order valence-corrected chi connectivity index (χ4v) is 5.69. The Balaban J connectivity index is 1.10. The van der Waals surface area contributed by atoms with Gasteiger partial charge in [-0.15, -0.1) is 0 Å². The minimum Gasteiger partial charge on any atom is -0.368 e. The first-order valence-corrected chi connectivity index (χ1v) is 13.6. The largest absolute Gasteiger partial charge is 0.368 e. The van der Waals surface area contributed by atoms with E-state index in [0.717, 1.165) is 55.1 Å². The number of hydrogen-bond donors (Lipinski definition) is 0. The zero-order valence-electron chi connectivity index (χ0n) is 22.4. The Labute approximate surface area is 228 Å². The van der Waals surface area contributed by atoms with Crippen LogP contribution in [0.1, 0.15) is 41.1 Å². The Bertz CT molecular complexity index is 1480. The monoisotopic (exact) mass is 522 g/mol. The minimum absolute atomic E-state index is 0.00877. The predicted octanol–water partition coefficient (Wildman–Crippen LogP) is 7.29. The van der Waals surface area contributed by atoms with Crippen LogP contribution in [0.25, 0.3) is 11.1 Å². The van der Waals surface area contributed by atoms with Crippen LogP contribution in [-0.4, -0.2) is 36.9 Å². The maximum absolute atomic E-state index is 14.2. The molecular formula is C33H32F2N4. The van der Waals surface area contributed by atoms with Crippen molar-refractivity contribution in [1.82, 2.24) is 4.98 Å².